The number of unbranched alkanes of at least 4 members (excludes halogenated alkanes) is 2. The van der Waals surface area contributed by atoms with Crippen molar-refractivity contribution in [1.29, 1.82) is 0 Å². The molecule has 0 radical (unpaired) electrons. The van der Waals surface area contributed by atoms with Crippen LogP contribution in [-0.2, 0) is 16.2 Å². The van der Waals surface area contributed by atoms with Crippen LogP contribution in [0.2, 0.25) is 0 Å². The molecule has 51 heavy (non-hydrogen) atoms. The number of allylic oxidation sites excluding steroid dienone is 1. The Bertz CT molecular complexity index is 1660. The van der Waals surface area contributed by atoms with E-state index in [-0.39, 0.29) is 42.1 Å². The SMILES string of the molecule is C=CCOC12Oc3ccc(OCc4cccc(C)n4)cc3C3C(CCCCO)C(CCCCO)C=C(C(=NOCC)CC1Sc1ccccc1)C32. The summed E-state index contributed by atoms with van der Waals surface area (Å²) in [6.45, 7) is 9.47. The zero-order valence-corrected chi connectivity index (χ0v) is 30.7. The highest BCUT2D eigenvalue weighted by Crippen LogP contribution is 2.63. The van der Waals surface area contributed by atoms with Crippen LogP contribution >= 0.6 is 11.8 Å². The van der Waals surface area contributed by atoms with Crippen LogP contribution in [0.15, 0.2) is 101 Å². The van der Waals surface area contributed by atoms with Gasteiger partial charge in [-0.15, -0.1) is 18.3 Å². The molecule has 6 unspecified atom stereocenters. The van der Waals surface area contributed by atoms with Gasteiger partial charge in [0.15, 0.2) is 0 Å². The number of aliphatic hydroxyl groups is 2. The molecule has 6 rings (SSSR count). The standard InChI is InChI=1S/C42H52N2O6S/c1-4-24-48-42-39(51-33-17-7-6-8-18-33)27-37(44-49-5-2)35-25-30(15-9-11-22-45)34(19-10-12-23-46)40(41(35)42)36-26-32(20-21-38(36)50-42)47-28-31-16-13-14-29(3)43-31/h4,6-8,13-14,16-18,20-21,25-26,30,34,39-41,45-46H,1,5,9-12,15,19,22-24,27-28H2,2-3H3. The van der Waals surface area contributed by atoms with Crippen LogP contribution in [0.1, 0.15) is 74.7 Å². The average molecular weight is 713 g/mol. The first-order valence-corrected chi connectivity index (χ1v) is 19.4. The molecular weight excluding hydrogens is 661 g/mol. The summed E-state index contributed by atoms with van der Waals surface area (Å²) in [7, 11) is 0. The number of thioether (sulfide) groups is 1. The van der Waals surface area contributed by atoms with Gasteiger partial charge in [-0.25, -0.2) is 0 Å². The highest BCUT2D eigenvalue weighted by atomic mass is 32.2. The van der Waals surface area contributed by atoms with Crippen LogP contribution in [0.25, 0.3) is 0 Å². The Morgan fingerprint density at radius 2 is 1.82 bits per heavy atom. The predicted octanol–water partition coefficient (Wildman–Crippen LogP) is 8.41. The number of nitrogens with zero attached hydrogens (tertiary/aromatic N) is 2. The number of pyridine rings is 1. The number of hydrogen-bond acceptors (Lipinski definition) is 9. The molecule has 0 amide bonds. The molecule has 2 aliphatic carbocycles. The molecule has 3 aromatic rings. The molecule has 2 heterocycles. The van der Waals surface area contributed by atoms with Gasteiger partial charge in [0.2, 0.25) is 5.79 Å². The van der Waals surface area contributed by atoms with Gasteiger partial charge in [0, 0.05) is 41.7 Å². The molecule has 0 bridgehead atoms. The van der Waals surface area contributed by atoms with Gasteiger partial charge in [0.1, 0.15) is 24.7 Å². The maximum absolute atomic E-state index is 9.85. The minimum Gasteiger partial charge on any atom is -0.487 e. The molecule has 1 fully saturated rings. The number of rotatable bonds is 18. The van der Waals surface area contributed by atoms with E-state index in [0.29, 0.717) is 26.2 Å². The van der Waals surface area contributed by atoms with Gasteiger partial charge in [0.25, 0.3) is 0 Å². The Hall–Kier alpha value is -3.63. The van der Waals surface area contributed by atoms with Crippen LogP contribution in [-0.4, -0.2) is 58.4 Å². The molecule has 0 saturated heterocycles. The van der Waals surface area contributed by atoms with E-state index in [0.717, 1.165) is 83.2 Å². The Morgan fingerprint density at radius 1 is 1.02 bits per heavy atom. The highest BCUT2D eigenvalue weighted by molar-refractivity contribution is 8.00. The zero-order valence-electron chi connectivity index (χ0n) is 29.9. The summed E-state index contributed by atoms with van der Waals surface area (Å²) in [6.07, 6.45) is 10.0. The van der Waals surface area contributed by atoms with Crippen molar-refractivity contribution < 1.29 is 29.3 Å². The predicted molar refractivity (Wildman–Crippen MR) is 202 cm³/mol. The van der Waals surface area contributed by atoms with E-state index in [4.69, 9.17) is 24.2 Å². The van der Waals surface area contributed by atoms with Gasteiger partial charge < -0.3 is 29.3 Å². The van der Waals surface area contributed by atoms with Crippen molar-refractivity contribution in [2.24, 2.45) is 22.9 Å². The lowest BCUT2D eigenvalue weighted by Gasteiger charge is -2.58. The fraction of sp³-hybridized carbons (Fsp3) is 0.476. The van der Waals surface area contributed by atoms with Crippen molar-refractivity contribution in [3.8, 4) is 11.5 Å². The lowest BCUT2D eigenvalue weighted by atomic mass is 9.56. The Balaban J connectivity index is 1.51. The van der Waals surface area contributed by atoms with Crippen LogP contribution in [0.5, 0.6) is 11.5 Å². The maximum atomic E-state index is 9.85. The van der Waals surface area contributed by atoms with Crippen molar-refractivity contribution in [2.75, 3.05) is 26.4 Å². The fourth-order valence-corrected chi connectivity index (χ4v) is 9.47. The number of ether oxygens (including phenoxy) is 3. The largest absolute Gasteiger partial charge is 0.487 e. The minimum absolute atomic E-state index is 0.00280. The topological polar surface area (TPSA) is 103 Å². The number of hydrogen-bond donors (Lipinski definition) is 2. The van der Waals surface area contributed by atoms with Gasteiger partial charge in [0.05, 0.1) is 29.2 Å². The van der Waals surface area contributed by atoms with E-state index in [1.165, 1.54) is 0 Å². The molecular formula is C42H52N2O6S. The third kappa shape index (κ3) is 8.38. The third-order valence-corrected chi connectivity index (χ3v) is 11.6. The van der Waals surface area contributed by atoms with E-state index >= 15 is 0 Å². The van der Waals surface area contributed by atoms with Crippen LogP contribution < -0.4 is 9.47 Å². The summed E-state index contributed by atoms with van der Waals surface area (Å²) in [5.41, 5.74) is 4.98. The molecule has 6 atom stereocenters. The zero-order chi connectivity index (χ0) is 35.6. The number of benzene rings is 2. The molecule has 1 saturated carbocycles. The van der Waals surface area contributed by atoms with E-state index in [1.807, 2.05) is 50.2 Å². The summed E-state index contributed by atoms with van der Waals surface area (Å²) in [4.78, 5) is 11.6. The highest BCUT2D eigenvalue weighted by Gasteiger charge is 2.64. The molecule has 1 aromatic heterocycles. The number of fused-ring (bicyclic) bond motifs is 2. The second-order valence-corrected chi connectivity index (χ2v) is 14.9. The summed E-state index contributed by atoms with van der Waals surface area (Å²) >= 11 is 1.76. The molecule has 0 spiro atoms. The van der Waals surface area contributed by atoms with Gasteiger partial charge >= 0.3 is 0 Å². The number of aryl methyl sites for hydroxylation is 1. The summed E-state index contributed by atoms with van der Waals surface area (Å²) in [6, 6.07) is 22.6. The fourth-order valence-electron chi connectivity index (χ4n) is 8.16. The van der Waals surface area contributed by atoms with Crippen LogP contribution in [0, 0.1) is 24.7 Å². The first kappa shape index (κ1) is 37.1. The van der Waals surface area contributed by atoms with E-state index in [2.05, 4.69) is 48.0 Å². The lowest BCUT2D eigenvalue weighted by Crippen LogP contribution is -2.64. The van der Waals surface area contributed by atoms with Crippen molar-refractivity contribution >= 4 is 17.5 Å². The van der Waals surface area contributed by atoms with Crippen molar-refractivity contribution in [1.82, 2.24) is 4.98 Å². The smallest absolute Gasteiger partial charge is 0.231 e. The molecule has 9 heteroatoms. The molecule has 2 aromatic carbocycles. The number of oxime groups is 1. The van der Waals surface area contributed by atoms with Crippen molar-refractivity contribution in [3.05, 3.63) is 108 Å². The second kappa shape index (κ2) is 17.7. The molecule has 2 N–H and O–H groups in total. The Morgan fingerprint density at radius 3 is 2.57 bits per heavy atom. The van der Waals surface area contributed by atoms with E-state index in [9.17, 15) is 10.2 Å². The van der Waals surface area contributed by atoms with Crippen molar-refractivity contribution in [3.63, 3.8) is 0 Å². The minimum atomic E-state index is -1.03. The molecule has 3 aliphatic rings. The van der Waals surface area contributed by atoms with Gasteiger partial charge in [-0.2, -0.15) is 0 Å². The second-order valence-electron chi connectivity index (χ2n) is 13.7. The first-order chi connectivity index (χ1) is 25.0. The quantitative estimate of drug-likeness (QED) is 0.0770. The Labute approximate surface area is 307 Å². The maximum Gasteiger partial charge on any atom is 0.231 e. The number of aromatic nitrogens is 1. The number of aliphatic hydroxyl groups excluding tert-OH is 2. The third-order valence-electron chi connectivity index (χ3n) is 10.3. The average Bonchev–Trinajstić information content (AvgIpc) is 3.15. The molecule has 1 aliphatic heterocycles. The van der Waals surface area contributed by atoms with Gasteiger partial charge in [-0.05, 0) is 99.4 Å². The van der Waals surface area contributed by atoms with E-state index in [1.54, 1.807) is 17.8 Å². The van der Waals surface area contributed by atoms with Crippen molar-refractivity contribution in [2.45, 2.75) is 87.3 Å². The monoisotopic (exact) mass is 712 g/mol. The Kier molecular flexibility index (Phi) is 12.9. The van der Waals surface area contributed by atoms with Crippen LogP contribution in [0.4, 0.5) is 0 Å². The molecule has 272 valence electrons. The normalized spacial score (nSPS) is 25.7. The van der Waals surface area contributed by atoms with E-state index < -0.39 is 5.79 Å². The van der Waals surface area contributed by atoms with Gasteiger partial charge in [-0.1, -0.05) is 54.4 Å². The summed E-state index contributed by atoms with van der Waals surface area (Å²) in [5.74, 6) is 0.789. The summed E-state index contributed by atoms with van der Waals surface area (Å²) in [5, 5.41) is 24.2. The molecule has 8 nitrogen and oxygen atoms in total. The van der Waals surface area contributed by atoms with Gasteiger partial charge in [-0.3, -0.25) is 4.98 Å². The van der Waals surface area contributed by atoms with Crippen LogP contribution in [0.3, 0.4) is 0 Å². The summed E-state index contributed by atoms with van der Waals surface area (Å²) < 4.78 is 20.7. The first-order valence-electron chi connectivity index (χ1n) is 18.5. The lowest BCUT2D eigenvalue weighted by molar-refractivity contribution is -0.223.